The summed E-state index contributed by atoms with van der Waals surface area (Å²) in [4.78, 5) is 5.17. The molecule has 2 aromatic heterocycles. The van der Waals surface area contributed by atoms with Gasteiger partial charge in [0.15, 0.2) is 5.96 Å². The molecule has 29 heavy (non-hydrogen) atoms. The topological polar surface area (TPSA) is 74.5 Å². The number of aliphatic hydroxyl groups excluding tert-OH is 1. The van der Waals surface area contributed by atoms with Crippen molar-refractivity contribution in [3.63, 3.8) is 0 Å². The lowest BCUT2D eigenvalue weighted by atomic mass is 10.2. The number of guanidine groups is 1. The molecule has 0 aliphatic carbocycles. The normalized spacial score (nSPS) is 12.8. The Bertz CT molecular complexity index is 1070. The van der Waals surface area contributed by atoms with Gasteiger partial charge >= 0.3 is 0 Å². The molecule has 0 aliphatic rings. The number of hydrogen-bond acceptors (Lipinski definition) is 4. The number of thiophene rings is 1. The molecule has 3 N–H and O–H groups in total. The maximum atomic E-state index is 10.5. The monoisotopic (exact) mass is 405 g/mol. The van der Waals surface area contributed by atoms with Crippen LogP contribution in [0.15, 0.2) is 77.9 Å². The minimum atomic E-state index is -0.594. The summed E-state index contributed by atoms with van der Waals surface area (Å²) >= 11 is 1.61. The third-order valence-electron chi connectivity index (χ3n) is 4.56. The first-order valence-corrected chi connectivity index (χ1v) is 10.3. The molecule has 4 aromatic rings. The number of benzene rings is 2. The molecular weight excluding hydrogens is 382 g/mol. The molecule has 0 spiro atoms. The molecule has 2 aromatic carbocycles. The summed E-state index contributed by atoms with van der Waals surface area (Å²) in [5, 5.41) is 22.7. The molecule has 1 atom stereocenters. The van der Waals surface area contributed by atoms with Crippen molar-refractivity contribution in [2.45, 2.75) is 12.6 Å². The van der Waals surface area contributed by atoms with Crippen molar-refractivity contribution in [2.24, 2.45) is 4.99 Å². The largest absolute Gasteiger partial charge is 0.386 e. The van der Waals surface area contributed by atoms with E-state index in [1.165, 1.54) is 4.70 Å². The molecule has 0 bridgehead atoms. The van der Waals surface area contributed by atoms with E-state index in [4.69, 9.17) is 0 Å². The molecule has 4 rings (SSSR count). The zero-order valence-electron chi connectivity index (χ0n) is 16.1. The molecule has 1 unspecified atom stereocenters. The summed E-state index contributed by atoms with van der Waals surface area (Å²) in [6.45, 7) is 0.920. The van der Waals surface area contributed by atoms with Gasteiger partial charge in [-0.1, -0.05) is 36.4 Å². The molecule has 0 aliphatic heterocycles. The molecule has 0 amide bonds. The van der Waals surface area contributed by atoms with Crippen LogP contribution in [0.1, 0.15) is 16.7 Å². The van der Waals surface area contributed by atoms with Crippen molar-refractivity contribution in [3.8, 4) is 5.69 Å². The zero-order chi connectivity index (χ0) is 20.1. The molecule has 7 heteroatoms. The number of para-hydroxylation sites is 1. The summed E-state index contributed by atoms with van der Waals surface area (Å²) < 4.78 is 3.02. The van der Waals surface area contributed by atoms with E-state index in [2.05, 4.69) is 32.9 Å². The Kier molecular flexibility index (Phi) is 5.88. The van der Waals surface area contributed by atoms with Crippen LogP contribution >= 0.6 is 11.3 Å². The number of aromatic nitrogens is 2. The molecule has 2 heterocycles. The number of nitrogens with zero attached hydrogens (tertiary/aromatic N) is 3. The molecule has 0 saturated carbocycles. The van der Waals surface area contributed by atoms with Gasteiger partial charge in [0, 0.05) is 29.4 Å². The number of nitrogens with one attached hydrogen (secondary N) is 2. The number of aliphatic hydroxyl groups is 1. The fourth-order valence-electron chi connectivity index (χ4n) is 3.04. The van der Waals surface area contributed by atoms with E-state index in [-0.39, 0.29) is 0 Å². The Morgan fingerprint density at radius 2 is 1.90 bits per heavy atom. The van der Waals surface area contributed by atoms with Crippen molar-refractivity contribution in [2.75, 3.05) is 13.6 Å². The van der Waals surface area contributed by atoms with Crippen LogP contribution in [0.3, 0.4) is 0 Å². The number of fused-ring (bicyclic) bond motifs is 1. The van der Waals surface area contributed by atoms with Crippen molar-refractivity contribution >= 4 is 27.4 Å². The number of aliphatic imine (C=N–C) groups is 1. The number of rotatable bonds is 6. The molecule has 148 valence electrons. The Balaban J connectivity index is 1.31. The second-order valence-electron chi connectivity index (χ2n) is 6.60. The van der Waals surface area contributed by atoms with Gasteiger partial charge in [0.2, 0.25) is 0 Å². The summed E-state index contributed by atoms with van der Waals surface area (Å²) in [6.07, 6.45) is 1.34. The van der Waals surface area contributed by atoms with Crippen LogP contribution in [0.25, 0.3) is 15.8 Å². The highest BCUT2D eigenvalue weighted by molar-refractivity contribution is 7.19. The summed E-state index contributed by atoms with van der Waals surface area (Å²) in [5.41, 5.74) is 1.93. The fourth-order valence-corrected chi connectivity index (χ4v) is 4.09. The second-order valence-corrected chi connectivity index (χ2v) is 7.71. The first-order chi connectivity index (χ1) is 14.2. The minimum Gasteiger partial charge on any atom is -0.386 e. The van der Waals surface area contributed by atoms with E-state index in [9.17, 15) is 5.11 Å². The summed E-state index contributed by atoms with van der Waals surface area (Å²) in [6, 6.07) is 22.2. The van der Waals surface area contributed by atoms with Gasteiger partial charge in [-0.2, -0.15) is 5.10 Å². The van der Waals surface area contributed by atoms with Crippen LogP contribution in [0.5, 0.6) is 0 Å². The van der Waals surface area contributed by atoms with E-state index < -0.39 is 6.10 Å². The first kappa shape index (κ1) is 19.2. The Hall–Kier alpha value is -3.16. The lowest BCUT2D eigenvalue weighted by Crippen LogP contribution is -2.39. The lowest BCUT2D eigenvalue weighted by molar-refractivity contribution is 0.184. The predicted octanol–water partition coefficient (Wildman–Crippen LogP) is 3.49. The Morgan fingerprint density at radius 3 is 2.69 bits per heavy atom. The maximum absolute atomic E-state index is 10.5. The van der Waals surface area contributed by atoms with Crippen molar-refractivity contribution in [1.82, 2.24) is 20.4 Å². The van der Waals surface area contributed by atoms with E-state index in [1.54, 1.807) is 18.4 Å². The smallest absolute Gasteiger partial charge is 0.191 e. The third-order valence-corrected chi connectivity index (χ3v) is 5.78. The predicted molar refractivity (Wildman–Crippen MR) is 119 cm³/mol. The highest BCUT2D eigenvalue weighted by Gasteiger charge is 2.12. The van der Waals surface area contributed by atoms with E-state index in [0.29, 0.717) is 19.0 Å². The van der Waals surface area contributed by atoms with Gasteiger partial charge in [-0.3, -0.25) is 4.99 Å². The molecular formula is C22H23N5OS. The fraction of sp³-hybridized carbons (Fsp3) is 0.182. The van der Waals surface area contributed by atoms with Crippen molar-refractivity contribution in [1.29, 1.82) is 0 Å². The van der Waals surface area contributed by atoms with Gasteiger partial charge in [-0.05, 0) is 35.7 Å². The SMILES string of the molecule is CN=C(NCc1ccn(-c2ccccc2)n1)NCC(O)c1cc2ccccc2s1. The Labute approximate surface area is 173 Å². The van der Waals surface area contributed by atoms with Crippen LogP contribution in [0, 0.1) is 0 Å². The van der Waals surface area contributed by atoms with Crippen molar-refractivity contribution in [3.05, 3.63) is 83.5 Å². The maximum Gasteiger partial charge on any atom is 0.191 e. The molecule has 6 nitrogen and oxygen atoms in total. The van der Waals surface area contributed by atoms with Gasteiger partial charge in [0.05, 0.1) is 17.9 Å². The van der Waals surface area contributed by atoms with Crippen LogP contribution in [0.4, 0.5) is 0 Å². The van der Waals surface area contributed by atoms with Crippen LogP contribution in [-0.4, -0.2) is 34.4 Å². The first-order valence-electron chi connectivity index (χ1n) is 9.44. The van der Waals surface area contributed by atoms with E-state index in [1.807, 2.05) is 65.5 Å². The van der Waals surface area contributed by atoms with Gasteiger partial charge in [-0.25, -0.2) is 4.68 Å². The quantitative estimate of drug-likeness (QED) is 0.339. The zero-order valence-corrected chi connectivity index (χ0v) is 16.9. The van der Waals surface area contributed by atoms with Gasteiger partial charge in [-0.15, -0.1) is 11.3 Å². The highest BCUT2D eigenvalue weighted by atomic mass is 32.1. The summed E-state index contributed by atoms with van der Waals surface area (Å²) in [7, 11) is 1.71. The van der Waals surface area contributed by atoms with E-state index >= 15 is 0 Å². The highest BCUT2D eigenvalue weighted by Crippen LogP contribution is 2.29. The van der Waals surface area contributed by atoms with E-state index in [0.717, 1.165) is 21.6 Å². The van der Waals surface area contributed by atoms with Crippen LogP contribution in [-0.2, 0) is 6.54 Å². The van der Waals surface area contributed by atoms with Gasteiger partial charge < -0.3 is 15.7 Å². The van der Waals surface area contributed by atoms with Gasteiger partial charge in [0.1, 0.15) is 6.10 Å². The van der Waals surface area contributed by atoms with Gasteiger partial charge in [0.25, 0.3) is 0 Å². The van der Waals surface area contributed by atoms with Crippen LogP contribution in [0.2, 0.25) is 0 Å². The lowest BCUT2D eigenvalue weighted by Gasteiger charge is -2.14. The molecule has 0 fully saturated rings. The minimum absolute atomic E-state index is 0.380. The number of hydrogen-bond donors (Lipinski definition) is 3. The average molecular weight is 406 g/mol. The standard InChI is InChI=1S/C22H23N5OS/c1-23-22(24-14-17-11-12-27(26-17)18-8-3-2-4-9-18)25-15-19(28)21-13-16-7-5-6-10-20(16)29-21/h2-13,19,28H,14-15H2,1H3,(H2,23,24,25). The van der Waals surface area contributed by atoms with Crippen molar-refractivity contribution < 1.29 is 5.11 Å². The molecule has 0 radical (unpaired) electrons. The third kappa shape index (κ3) is 4.64. The average Bonchev–Trinajstić information content (AvgIpc) is 3.41. The second kappa shape index (κ2) is 8.89. The Morgan fingerprint density at radius 1 is 1.10 bits per heavy atom. The summed E-state index contributed by atoms with van der Waals surface area (Å²) in [5.74, 6) is 0.624. The molecule has 0 saturated heterocycles. The van der Waals surface area contributed by atoms with Crippen LogP contribution < -0.4 is 10.6 Å².